The summed E-state index contributed by atoms with van der Waals surface area (Å²) in [4.78, 5) is 12.0. The van der Waals surface area contributed by atoms with Crippen molar-refractivity contribution in [3.05, 3.63) is 47.3 Å². The van der Waals surface area contributed by atoms with Gasteiger partial charge in [-0.15, -0.1) is 5.10 Å². The predicted octanol–water partition coefficient (Wildman–Crippen LogP) is 1.25. The molecule has 0 bridgehead atoms. The number of carbonyl (C=O) groups is 1. The van der Waals surface area contributed by atoms with E-state index in [0.717, 1.165) is 17.1 Å². The molecule has 0 saturated carbocycles. The molecule has 0 aliphatic rings. The maximum absolute atomic E-state index is 12.0. The van der Waals surface area contributed by atoms with E-state index in [1.807, 2.05) is 36.7 Å². The Bertz CT molecular complexity index is 758. The van der Waals surface area contributed by atoms with Gasteiger partial charge in [0.1, 0.15) is 0 Å². The van der Waals surface area contributed by atoms with Crippen molar-refractivity contribution in [2.45, 2.75) is 13.8 Å². The number of hydrogen-bond acceptors (Lipinski definition) is 5. The number of anilines is 1. The highest BCUT2D eigenvalue weighted by Crippen LogP contribution is 2.13. The molecule has 21 heavy (non-hydrogen) atoms. The predicted molar refractivity (Wildman–Crippen MR) is 75.2 cm³/mol. The van der Waals surface area contributed by atoms with Crippen LogP contribution in [0, 0.1) is 13.8 Å². The minimum atomic E-state index is -0.295. The number of aromatic amines is 1. The highest BCUT2D eigenvalue weighted by Gasteiger charge is 2.09. The summed E-state index contributed by atoms with van der Waals surface area (Å²) in [7, 11) is 0. The Morgan fingerprint density at radius 1 is 1.24 bits per heavy atom. The number of carbonyl (C=O) groups excluding carboxylic acids is 1. The van der Waals surface area contributed by atoms with Gasteiger partial charge in [0.25, 0.3) is 11.9 Å². The lowest BCUT2D eigenvalue weighted by atomic mass is 10.2. The number of tetrazole rings is 1. The lowest BCUT2D eigenvalue weighted by molar-refractivity contribution is 0.102. The third-order valence-electron chi connectivity index (χ3n) is 2.95. The summed E-state index contributed by atoms with van der Waals surface area (Å²) in [6.07, 6.45) is 0. The van der Waals surface area contributed by atoms with E-state index >= 15 is 0 Å². The first-order valence-electron chi connectivity index (χ1n) is 6.32. The smallest absolute Gasteiger partial charge is 0.270 e. The van der Waals surface area contributed by atoms with Crippen LogP contribution in [0.15, 0.2) is 30.3 Å². The largest absolute Gasteiger partial charge is 0.288 e. The minimum absolute atomic E-state index is 0.141. The van der Waals surface area contributed by atoms with E-state index in [9.17, 15) is 4.79 Å². The summed E-state index contributed by atoms with van der Waals surface area (Å²) in [6, 6.07) is 9.12. The van der Waals surface area contributed by atoms with Gasteiger partial charge in [-0.25, -0.2) is 4.68 Å². The summed E-state index contributed by atoms with van der Waals surface area (Å²) in [5, 5.41) is 19.9. The zero-order chi connectivity index (χ0) is 14.8. The van der Waals surface area contributed by atoms with Gasteiger partial charge < -0.3 is 0 Å². The average Bonchev–Trinajstić information content (AvgIpc) is 3.08. The summed E-state index contributed by atoms with van der Waals surface area (Å²) in [6.45, 7) is 3.92. The Morgan fingerprint density at radius 3 is 2.57 bits per heavy atom. The van der Waals surface area contributed by atoms with Gasteiger partial charge in [0.05, 0.1) is 11.4 Å². The minimum Gasteiger partial charge on any atom is -0.288 e. The first-order valence-corrected chi connectivity index (χ1v) is 6.32. The van der Waals surface area contributed by atoms with Crippen LogP contribution in [0.5, 0.6) is 0 Å². The second-order valence-electron chi connectivity index (χ2n) is 4.58. The molecular formula is C13H13N7O. The van der Waals surface area contributed by atoms with Crippen LogP contribution >= 0.6 is 0 Å². The van der Waals surface area contributed by atoms with Gasteiger partial charge in [-0.05, 0) is 49.4 Å². The standard InChI is InChI=1S/C13H13N7O/c1-8-7-9(2)20(17-8)11-5-3-10(4-6-11)12(21)14-13-15-18-19-16-13/h3-7H,1-2H3,(H2,14,15,16,18,19,21). The molecule has 3 aromatic rings. The van der Waals surface area contributed by atoms with Gasteiger partial charge in [0.15, 0.2) is 0 Å². The van der Waals surface area contributed by atoms with Gasteiger partial charge >= 0.3 is 0 Å². The molecule has 8 nitrogen and oxygen atoms in total. The number of benzene rings is 1. The molecule has 0 aliphatic heterocycles. The topological polar surface area (TPSA) is 101 Å². The molecule has 0 aliphatic carbocycles. The number of rotatable bonds is 3. The number of aromatic nitrogens is 6. The highest BCUT2D eigenvalue weighted by molar-refractivity contribution is 6.03. The molecule has 1 aromatic carbocycles. The molecule has 1 amide bonds. The molecule has 2 heterocycles. The van der Waals surface area contributed by atoms with Crippen molar-refractivity contribution in [3.63, 3.8) is 0 Å². The van der Waals surface area contributed by atoms with Crippen LogP contribution in [-0.2, 0) is 0 Å². The van der Waals surface area contributed by atoms with E-state index in [-0.39, 0.29) is 11.9 Å². The van der Waals surface area contributed by atoms with Crippen LogP contribution in [0.3, 0.4) is 0 Å². The fraction of sp³-hybridized carbons (Fsp3) is 0.154. The van der Waals surface area contributed by atoms with Crippen molar-refractivity contribution in [2.75, 3.05) is 5.32 Å². The van der Waals surface area contributed by atoms with Crippen molar-refractivity contribution in [3.8, 4) is 5.69 Å². The van der Waals surface area contributed by atoms with Gasteiger partial charge in [0.2, 0.25) is 0 Å². The lowest BCUT2D eigenvalue weighted by Gasteiger charge is -2.05. The van der Waals surface area contributed by atoms with Gasteiger partial charge in [-0.2, -0.15) is 10.3 Å². The van der Waals surface area contributed by atoms with Crippen LogP contribution < -0.4 is 5.32 Å². The molecular weight excluding hydrogens is 270 g/mol. The molecule has 0 unspecified atom stereocenters. The van der Waals surface area contributed by atoms with Crippen molar-refractivity contribution >= 4 is 11.9 Å². The molecule has 8 heteroatoms. The molecule has 2 aromatic heterocycles. The molecule has 0 atom stereocenters. The molecule has 3 rings (SSSR count). The SMILES string of the molecule is Cc1cc(C)n(-c2ccc(C(=O)Nc3nn[nH]n3)cc2)n1. The van der Waals surface area contributed by atoms with Crippen LogP contribution in [-0.4, -0.2) is 36.3 Å². The Morgan fingerprint density at radius 2 is 2.00 bits per heavy atom. The van der Waals surface area contributed by atoms with Crippen molar-refractivity contribution in [1.29, 1.82) is 0 Å². The summed E-state index contributed by atoms with van der Waals surface area (Å²) >= 11 is 0. The van der Waals surface area contributed by atoms with Crippen LogP contribution in [0.25, 0.3) is 5.69 Å². The van der Waals surface area contributed by atoms with Crippen LogP contribution in [0.2, 0.25) is 0 Å². The van der Waals surface area contributed by atoms with Crippen molar-refractivity contribution < 1.29 is 4.79 Å². The summed E-state index contributed by atoms with van der Waals surface area (Å²) in [5.41, 5.74) is 3.39. The van der Waals surface area contributed by atoms with E-state index in [1.54, 1.807) is 12.1 Å². The monoisotopic (exact) mass is 283 g/mol. The third-order valence-corrected chi connectivity index (χ3v) is 2.95. The second-order valence-corrected chi connectivity index (χ2v) is 4.58. The molecule has 0 fully saturated rings. The quantitative estimate of drug-likeness (QED) is 0.753. The number of H-pyrrole nitrogens is 1. The first-order chi connectivity index (χ1) is 10.1. The zero-order valence-corrected chi connectivity index (χ0v) is 11.5. The van der Waals surface area contributed by atoms with Gasteiger partial charge in [0, 0.05) is 11.3 Å². The van der Waals surface area contributed by atoms with Crippen LogP contribution in [0.1, 0.15) is 21.7 Å². The first kappa shape index (κ1) is 13.0. The van der Waals surface area contributed by atoms with Gasteiger partial charge in [-0.1, -0.05) is 5.10 Å². The van der Waals surface area contributed by atoms with Crippen molar-refractivity contribution in [2.24, 2.45) is 0 Å². The van der Waals surface area contributed by atoms with E-state index in [4.69, 9.17) is 0 Å². The number of aryl methyl sites for hydroxylation is 2. The Kier molecular flexibility index (Phi) is 3.19. The molecule has 106 valence electrons. The van der Waals surface area contributed by atoms with Crippen LogP contribution in [0.4, 0.5) is 5.95 Å². The fourth-order valence-corrected chi connectivity index (χ4v) is 2.03. The Balaban J connectivity index is 1.81. The molecule has 0 spiro atoms. The number of hydrogen-bond donors (Lipinski definition) is 2. The number of nitrogens with one attached hydrogen (secondary N) is 2. The van der Waals surface area contributed by atoms with Crippen molar-refractivity contribution in [1.82, 2.24) is 30.4 Å². The van der Waals surface area contributed by atoms with Gasteiger partial charge in [-0.3, -0.25) is 10.1 Å². The Hall–Kier alpha value is -3.03. The maximum Gasteiger partial charge on any atom is 0.270 e. The number of nitrogens with zero attached hydrogens (tertiary/aromatic N) is 5. The number of amides is 1. The normalized spacial score (nSPS) is 10.6. The zero-order valence-electron chi connectivity index (χ0n) is 11.5. The maximum atomic E-state index is 12.0. The summed E-state index contributed by atoms with van der Waals surface area (Å²) < 4.78 is 1.83. The Labute approximate surface area is 120 Å². The van der Waals surface area contributed by atoms with E-state index in [1.165, 1.54) is 0 Å². The second kappa shape index (κ2) is 5.16. The average molecular weight is 283 g/mol. The third kappa shape index (κ3) is 2.64. The molecule has 0 saturated heterocycles. The molecule has 2 N–H and O–H groups in total. The summed E-state index contributed by atoms with van der Waals surface area (Å²) in [5.74, 6) is -0.154. The fourth-order valence-electron chi connectivity index (χ4n) is 2.03. The van der Waals surface area contributed by atoms with E-state index in [2.05, 4.69) is 31.0 Å². The highest BCUT2D eigenvalue weighted by atomic mass is 16.1. The van der Waals surface area contributed by atoms with E-state index < -0.39 is 0 Å². The molecule has 0 radical (unpaired) electrons. The lowest BCUT2D eigenvalue weighted by Crippen LogP contribution is -2.13. The van der Waals surface area contributed by atoms with E-state index in [0.29, 0.717) is 5.56 Å².